The molecule has 0 bridgehead atoms. The second kappa shape index (κ2) is 9.05. The summed E-state index contributed by atoms with van der Waals surface area (Å²) in [6.07, 6.45) is 0.961. The van der Waals surface area contributed by atoms with Crippen LogP contribution in [-0.2, 0) is 0 Å². The molecule has 0 spiro atoms. The number of aromatic nitrogens is 1. The number of hydrogen-bond donors (Lipinski definition) is 0. The highest BCUT2D eigenvalue weighted by molar-refractivity contribution is 5.95. The maximum absolute atomic E-state index is 9.96. The second-order valence-corrected chi connectivity index (χ2v) is 8.06. The van der Waals surface area contributed by atoms with E-state index in [1.807, 2.05) is 36.4 Å². The van der Waals surface area contributed by atoms with Gasteiger partial charge in [0.05, 0.1) is 30.0 Å². The topological polar surface area (TPSA) is 47.2 Å². The lowest BCUT2D eigenvalue weighted by Gasteiger charge is -2.16. The average molecular weight is 391 g/mol. The molecule has 0 unspecified atom stereocenters. The molecule has 1 aromatic heterocycles. The summed E-state index contributed by atoms with van der Waals surface area (Å²) in [5.74, 6) is 2.17. The largest absolute Gasteiger partial charge is 0.494 e. The van der Waals surface area contributed by atoms with Gasteiger partial charge in [-0.25, -0.2) is 0 Å². The van der Waals surface area contributed by atoms with Crippen LogP contribution in [0.4, 0.5) is 0 Å². The molecule has 0 aliphatic rings. The van der Waals surface area contributed by atoms with Crippen LogP contribution in [0.1, 0.15) is 52.6 Å². The monoisotopic (exact) mass is 390 g/mol. The Labute approximate surface area is 173 Å². The normalized spacial score (nSPS) is 11.2. The molecule has 4 nitrogen and oxygen atoms in total. The first-order valence-corrected chi connectivity index (χ1v) is 10.4. The SMILES string of the molecule is CCCOc1ccc2c(C#N)c(-c3ccc(OCC(C)C)cc3)n(C(C)C)c2c1. The molecular weight excluding hydrogens is 360 g/mol. The van der Waals surface area contributed by atoms with E-state index in [2.05, 4.69) is 51.3 Å². The number of nitriles is 1. The van der Waals surface area contributed by atoms with E-state index in [4.69, 9.17) is 9.47 Å². The third-order valence-corrected chi connectivity index (χ3v) is 4.79. The van der Waals surface area contributed by atoms with Gasteiger partial charge >= 0.3 is 0 Å². The molecule has 0 saturated carbocycles. The van der Waals surface area contributed by atoms with Crippen LogP contribution < -0.4 is 9.47 Å². The predicted molar refractivity (Wildman–Crippen MR) is 119 cm³/mol. The Morgan fingerprint density at radius 2 is 1.66 bits per heavy atom. The van der Waals surface area contributed by atoms with Crippen molar-refractivity contribution in [2.45, 2.75) is 47.1 Å². The fourth-order valence-corrected chi connectivity index (χ4v) is 3.51. The lowest BCUT2D eigenvalue weighted by atomic mass is 10.1. The summed E-state index contributed by atoms with van der Waals surface area (Å²) in [6, 6.07) is 16.7. The van der Waals surface area contributed by atoms with Crippen molar-refractivity contribution in [3.63, 3.8) is 0 Å². The number of rotatable bonds is 8. The van der Waals surface area contributed by atoms with Gasteiger partial charge in [-0.15, -0.1) is 0 Å². The molecule has 0 amide bonds. The highest BCUT2D eigenvalue weighted by Crippen LogP contribution is 2.38. The van der Waals surface area contributed by atoms with Gasteiger partial charge in [0.1, 0.15) is 17.6 Å². The molecule has 0 atom stereocenters. The molecule has 3 aromatic rings. The van der Waals surface area contributed by atoms with Gasteiger partial charge in [0.2, 0.25) is 0 Å². The number of hydrogen-bond acceptors (Lipinski definition) is 3. The lowest BCUT2D eigenvalue weighted by molar-refractivity contribution is 0.271. The molecule has 0 aliphatic carbocycles. The van der Waals surface area contributed by atoms with Crippen molar-refractivity contribution >= 4 is 10.9 Å². The lowest BCUT2D eigenvalue weighted by Crippen LogP contribution is -2.05. The van der Waals surface area contributed by atoms with E-state index in [1.54, 1.807) is 0 Å². The zero-order valence-electron chi connectivity index (χ0n) is 18.0. The molecule has 3 rings (SSSR count). The van der Waals surface area contributed by atoms with Gasteiger partial charge in [-0.2, -0.15) is 5.26 Å². The van der Waals surface area contributed by atoms with Gasteiger partial charge in [0.25, 0.3) is 0 Å². The van der Waals surface area contributed by atoms with Crippen LogP contribution in [0, 0.1) is 17.2 Å². The summed E-state index contributed by atoms with van der Waals surface area (Å²) in [5, 5.41) is 10.9. The Balaban J connectivity index is 2.11. The minimum atomic E-state index is 0.202. The van der Waals surface area contributed by atoms with Crippen molar-refractivity contribution in [2.24, 2.45) is 5.92 Å². The molecule has 152 valence electrons. The van der Waals surface area contributed by atoms with E-state index < -0.39 is 0 Å². The van der Waals surface area contributed by atoms with Gasteiger partial charge in [-0.05, 0) is 68.1 Å². The van der Waals surface area contributed by atoms with Gasteiger partial charge in [-0.1, -0.05) is 20.8 Å². The molecular formula is C25H30N2O2. The van der Waals surface area contributed by atoms with E-state index >= 15 is 0 Å². The van der Waals surface area contributed by atoms with E-state index in [-0.39, 0.29) is 6.04 Å². The summed E-state index contributed by atoms with van der Waals surface area (Å²) < 4.78 is 13.9. The van der Waals surface area contributed by atoms with Gasteiger partial charge in [0.15, 0.2) is 0 Å². The Kier molecular flexibility index (Phi) is 6.49. The second-order valence-electron chi connectivity index (χ2n) is 8.06. The van der Waals surface area contributed by atoms with Crippen molar-refractivity contribution in [2.75, 3.05) is 13.2 Å². The van der Waals surface area contributed by atoms with Crippen molar-refractivity contribution in [3.8, 4) is 28.8 Å². The summed E-state index contributed by atoms with van der Waals surface area (Å²) in [7, 11) is 0. The van der Waals surface area contributed by atoms with Crippen LogP contribution in [0.5, 0.6) is 11.5 Å². The molecule has 0 N–H and O–H groups in total. The minimum Gasteiger partial charge on any atom is -0.494 e. The molecule has 4 heteroatoms. The first kappa shape index (κ1) is 20.8. The van der Waals surface area contributed by atoms with Crippen LogP contribution in [0.25, 0.3) is 22.2 Å². The number of benzene rings is 2. The van der Waals surface area contributed by atoms with Crippen LogP contribution >= 0.6 is 0 Å². The minimum absolute atomic E-state index is 0.202. The standard InChI is InChI=1S/C25H30N2O2/c1-6-13-28-21-11-12-22-23(15-26)25(27(18(4)5)24(22)14-21)19-7-9-20(10-8-19)29-16-17(2)3/h7-12,14,17-18H,6,13,16H2,1-5H3. The van der Waals surface area contributed by atoms with Crippen LogP contribution in [0.2, 0.25) is 0 Å². The van der Waals surface area contributed by atoms with Gasteiger partial charge < -0.3 is 14.0 Å². The molecule has 0 aliphatic heterocycles. The number of nitrogens with zero attached hydrogens (tertiary/aromatic N) is 2. The first-order valence-electron chi connectivity index (χ1n) is 10.4. The highest BCUT2D eigenvalue weighted by atomic mass is 16.5. The van der Waals surface area contributed by atoms with E-state index in [9.17, 15) is 5.26 Å². The molecule has 0 fully saturated rings. The van der Waals surface area contributed by atoms with Gasteiger partial charge in [0, 0.05) is 17.5 Å². The number of fused-ring (bicyclic) bond motifs is 1. The van der Waals surface area contributed by atoms with E-state index in [0.717, 1.165) is 40.1 Å². The fraction of sp³-hybridized carbons (Fsp3) is 0.400. The van der Waals surface area contributed by atoms with Crippen molar-refractivity contribution < 1.29 is 9.47 Å². The van der Waals surface area contributed by atoms with Crippen molar-refractivity contribution in [1.82, 2.24) is 4.57 Å². The Bertz CT molecular complexity index is 1010. The maximum Gasteiger partial charge on any atom is 0.121 e. The Morgan fingerprint density at radius 3 is 2.24 bits per heavy atom. The van der Waals surface area contributed by atoms with Crippen molar-refractivity contribution in [3.05, 3.63) is 48.0 Å². The van der Waals surface area contributed by atoms with E-state index in [0.29, 0.717) is 24.7 Å². The average Bonchev–Trinajstić information content (AvgIpc) is 3.04. The summed E-state index contributed by atoms with van der Waals surface area (Å²) in [4.78, 5) is 0. The number of ether oxygens (including phenoxy) is 2. The van der Waals surface area contributed by atoms with E-state index in [1.165, 1.54) is 0 Å². The Hall–Kier alpha value is -2.93. The first-order chi connectivity index (χ1) is 14.0. The van der Waals surface area contributed by atoms with Gasteiger partial charge in [-0.3, -0.25) is 0 Å². The maximum atomic E-state index is 9.96. The van der Waals surface area contributed by atoms with Crippen LogP contribution in [0.15, 0.2) is 42.5 Å². The molecule has 2 aromatic carbocycles. The molecule has 0 saturated heterocycles. The molecule has 29 heavy (non-hydrogen) atoms. The Morgan fingerprint density at radius 1 is 0.966 bits per heavy atom. The smallest absolute Gasteiger partial charge is 0.121 e. The zero-order valence-corrected chi connectivity index (χ0v) is 18.0. The fourth-order valence-electron chi connectivity index (χ4n) is 3.51. The molecule has 1 heterocycles. The highest BCUT2D eigenvalue weighted by Gasteiger charge is 2.21. The van der Waals surface area contributed by atoms with Crippen LogP contribution in [-0.4, -0.2) is 17.8 Å². The quantitative estimate of drug-likeness (QED) is 0.436. The predicted octanol–water partition coefficient (Wildman–Crippen LogP) is 6.58. The summed E-state index contributed by atoms with van der Waals surface area (Å²) >= 11 is 0. The third-order valence-electron chi connectivity index (χ3n) is 4.79. The summed E-state index contributed by atoms with van der Waals surface area (Å²) in [5.41, 5.74) is 3.69. The summed E-state index contributed by atoms with van der Waals surface area (Å²) in [6.45, 7) is 12.0. The van der Waals surface area contributed by atoms with Crippen LogP contribution in [0.3, 0.4) is 0 Å². The zero-order chi connectivity index (χ0) is 21.0. The molecule has 0 radical (unpaired) electrons. The van der Waals surface area contributed by atoms with Crippen molar-refractivity contribution in [1.29, 1.82) is 5.26 Å². The third kappa shape index (κ3) is 4.40.